The Hall–Kier alpha value is -1.69. The van der Waals surface area contributed by atoms with Gasteiger partial charge in [0, 0.05) is 12.4 Å². The molecule has 0 radical (unpaired) electrons. The highest BCUT2D eigenvalue weighted by molar-refractivity contribution is 6.28. The van der Waals surface area contributed by atoms with Gasteiger partial charge in [0.2, 0.25) is 5.28 Å². The number of unbranched alkanes of at least 4 members (excludes halogenated alkanes) is 3. The van der Waals surface area contributed by atoms with Crippen molar-refractivity contribution in [2.75, 3.05) is 6.61 Å². The molecule has 0 aliphatic carbocycles. The number of rotatable bonds is 7. The lowest BCUT2D eigenvalue weighted by Gasteiger charge is -2.05. The fourth-order valence-corrected chi connectivity index (χ4v) is 1.72. The molecule has 2 aromatic heterocycles. The summed E-state index contributed by atoms with van der Waals surface area (Å²) in [5.74, 6) is 0.355. The lowest BCUT2D eigenvalue weighted by molar-refractivity contribution is 0.280. The minimum atomic E-state index is 0.101. The van der Waals surface area contributed by atoms with Gasteiger partial charge in [-0.05, 0) is 24.1 Å². The first-order chi connectivity index (χ1) is 9.29. The fraction of sp³-hybridized carbons (Fsp3) is 0.500. The molecule has 0 saturated heterocycles. The van der Waals surface area contributed by atoms with Crippen molar-refractivity contribution in [3.05, 3.63) is 23.7 Å². The zero-order valence-corrected chi connectivity index (χ0v) is 11.5. The van der Waals surface area contributed by atoms with Crippen molar-refractivity contribution in [1.29, 1.82) is 0 Å². The fourth-order valence-electron chi connectivity index (χ4n) is 1.57. The quantitative estimate of drug-likeness (QED) is 0.730. The van der Waals surface area contributed by atoms with E-state index in [9.17, 15) is 0 Å². The Labute approximate surface area is 116 Å². The van der Waals surface area contributed by atoms with Crippen molar-refractivity contribution in [3.63, 3.8) is 0 Å². The van der Waals surface area contributed by atoms with Gasteiger partial charge in [0.05, 0.1) is 6.61 Å². The maximum Gasteiger partial charge on any atom is 0.322 e. The molecular weight excluding hydrogens is 266 g/mol. The predicted octanol–water partition coefficient (Wildman–Crippen LogP) is 2.67. The number of nitrogens with zero attached hydrogens (tertiary/aromatic N) is 5. The average molecular weight is 282 g/mol. The van der Waals surface area contributed by atoms with Crippen LogP contribution in [0.1, 0.15) is 32.6 Å². The summed E-state index contributed by atoms with van der Waals surface area (Å²) in [7, 11) is 0. The maximum atomic E-state index is 5.85. The van der Waals surface area contributed by atoms with E-state index in [4.69, 9.17) is 16.3 Å². The second kappa shape index (κ2) is 7.04. The topological polar surface area (TPSA) is 65.7 Å². The molecule has 0 fully saturated rings. The van der Waals surface area contributed by atoms with Crippen LogP contribution in [-0.2, 0) is 0 Å². The van der Waals surface area contributed by atoms with Gasteiger partial charge in [0.25, 0.3) is 5.95 Å². The van der Waals surface area contributed by atoms with Crippen LogP contribution in [0.3, 0.4) is 0 Å². The molecule has 2 aromatic rings. The molecule has 0 aromatic carbocycles. The van der Waals surface area contributed by atoms with Gasteiger partial charge in [-0.15, -0.1) is 0 Å². The monoisotopic (exact) mass is 281 g/mol. The van der Waals surface area contributed by atoms with Crippen molar-refractivity contribution in [2.24, 2.45) is 0 Å². The molecule has 2 heterocycles. The summed E-state index contributed by atoms with van der Waals surface area (Å²) in [5.41, 5.74) is 0. The van der Waals surface area contributed by atoms with Crippen LogP contribution in [0.2, 0.25) is 5.28 Å². The number of halogens is 1. The maximum absolute atomic E-state index is 5.85. The Bertz CT molecular complexity index is 503. The Balaban J connectivity index is 1.97. The van der Waals surface area contributed by atoms with E-state index in [2.05, 4.69) is 27.0 Å². The van der Waals surface area contributed by atoms with Crippen LogP contribution in [0, 0.1) is 0 Å². The normalized spacial score (nSPS) is 10.6. The summed E-state index contributed by atoms with van der Waals surface area (Å²) in [6, 6.07) is 2.02. The summed E-state index contributed by atoms with van der Waals surface area (Å²) >= 11 is 5.85. The third-order valence-corrected chi connectivity index (χ3v) is 2.68. The highest BCUT2D eigenvalue weighted by atomic mass is 35.5. The Kier molecular flexibility index (Phi) is 5.09. The van der Waals surface area contributed by atoms with E-state index in [1.807, 2.05) is 0 Å². The van der Waals surface area contributed by atoms with Gasteiger partial charge >= 0.3 is 6.01 Å². The van der Waals surface area contributed by atoms with Gasteiger partial charge in [-0.3, -0.25) is 0 Å². The van der Waals surface area contributed by atoms with Crippen LogP contribution in [0.5, 0.6) is 6.01 Å². The van der Waals surface area contributed by atoms with Crippen LogP contribution in [-0.4, -0.2) is 31.3 Å². The van der Waals surface area contributed by atoms with Gasteiger partial charge in [-0.25, -0.2) is 4.68 Å². The van der Waals surface area contributed by atoms with Crippen molar-refractivity contribution >= 4 is 11.6 Å². The summed E-state index contributed by atoms with van der Waals surface area (Å²) in [6.07, 6.45) is 7.90. The molecule has 0 amide bonds. The minimum absolute atomic E-state index is 0.101. The predicted molar refractivity (Wildman–Crippen MR) is 71.6 cm³/mol. The van der Waals surface area contributed by atoms with E-state index < -0.39 is 0 Å². The second-order valence-corrected chi connectivity index (χ2v) is 4.38. The second-order valence-electron chi connectivity index (χ2n) is 4.05. The van der Waals surface area contributed by atoms with Crippen molar-refractivity contribution in [2.45, 2.75) is 32.6 Å². The average Bonchev–Trinajstić information content (AvgIpc) is 2.92. The summed E-state index contributed by atoms with van der Waals surface area (Å²) in [5, 5.41) is 4.14. The molecule has 0 saturated carbocycles. The van der Waals surface area contributed by atoms with E-state index in [1.165, 1.54) is 17.5 Å². The van der Waals surface area contributed by atoms with Crippen LogP contribution in [0.4, 0.5) is 0 Å². The van der Waals surface area contributed by atoms with Crippen molar-refractivity contribution in [3.8, 4) is 12.0 Å². The molecule has 7 heteroatoms. The molecule has 0 unspecified atom stereocenters. The number of hydrogen-bond acceptors (Lipinski definition) is 5. The van der Waals surface area contributed by atoms with E-state index in [0.717, 1.165) is 12.8 Å². The van der Waals surface area contributed by atoms with Gasteiger partial charge in [-0.1, -0.05) is 26.2 Å². The first-order valence-corrected chi connectivity index (χ1v) is 6.72. The van der Waals surface area contributed by atoms with Crippen molar-refractivity contribution < 1.29 is 4.74 Å². The van der Waals surface area contributed by atoms with Gasteiger partial charge < -0.3 is 4.74 Å². The molecular formula is C12H16ClN5O. The molecule has 0 spiro atoms. The lowest BCUT2D eigenvalue weighted by Crippen LogP contribution is -2.07. The van der Waals surface area contributed by atoms with Crippen LogP contribution in [0.15, 0.2) is 18.5 Å². The minimum Gasteiger partial charge on any atom is -0.463 e. The van der Waals surface area contributed by atoms with Gasteiger partial charge in [-0.2, -0.15) is 20.1 Å². The molecule has 6 nitrogen and oxygen atoms in total. The van der Waals surface area contributed by atoms with E-state index in [-0.39, 0.29) is 11.3 Å². The first-order valence-electron chi connectivity index (χ1n) is 6.34. The summed E-state index contributed by atoms with van der Waals surface area (Å²) in [6.45, 7) is 2.75. The molecule has 0 bridgehead atoms. The largest absolute Gasteiger partial charge is 0.463 e. The Morgan fingerprint density at radius 2 is 2.11 bits per heavy atom. The van der Waals surface area contributed by atoms with E-state index in [1.54, 1.807) is 18.5 Å². The van der Waals surface area contributed by atoms with E-state index >= 15 is 0 Å². The molecule has 0 aliphatic rings. The first kappa shape index (κ1) is 13.7. The Morgan fingerprint density at radius 3 is 2.84 bits per heavy atom. The number of hydrogen-bond donors (Lipinski definition) is 0. The summed E-state index contributed by atoms with van der Waals surface area (Å²) < 4.78 is 7.00. The Morgan fingerprint density at radius 1 is 1.21 bits per heavy atom. The molecule has 19 heavy (non-hydrogen) atoms. The molecule has 0 N–H and O–H groups in total. The third-order valence-electron chi connectivity index (χ3n) is 2.51. The standard InChI is InChI=1S/C12H16ClN5O/c1-2-3-4-5-9-19-12-16-10(13)15-11(17-12)18-8-6-7-14-18/h6-8H,2-5,9H2,1H3. The van der Waals surface area contributed by atoms with E-state index in [0.29, 0.717) is 12.6 Å². The van der Waals surface area contributed by atoms with Gasteiger partial charge in [0.15, 0.2) is 0 Å². The van der Waals surface area contributed by atoms with Crippen LogP contribution in [0.25, 0.3) is 5.95 Å². The van der Waals surface area contributed by atoms with Crippen LogP contribution >= 0.6 is 11.6 Å². The SMILES string of the molecule is CCCCCCOc1nc(Cl)nc(-n2cccn2)n1. The smallest absolute Gasteiger partial charge is 0.322 e. The zero-order chi connectivity index (χ0) is 13.5. The molecule has 2 rings (SSSR count). The lowest BCUT2D eigenvalue weighted by atomic mass is 10.2. The summed E-state index contributed by atoms with van der Waals surface area (Å²) in [4.78, 5) is 12.1. The van der Waals surface area contributed by atoms with Crippen LogP contribution < -0.4 is 4.74 Å². The number of aromatic nitrogens is 5. The zero-order valence-electron chi connectivity index (χ0n) is 10.8. The highest BCUT2D eigenvalue weighted by Gasteiger charge is 2.07. The molecule has 0 atom stereocenters. The molecule has 0 aliphatic heterocycles. The third kappa shape index (κ3) is 4.17. The highest BCUT2D eigenvalue weighted by Crippen LogP contribution is 2.11. The number of ether oxygens (including phenoxy) is 1. The van der Waals surface area contributed by atoms with Gasteiger partial charge in [0.1, 0.15) is 0 Å². The van der Waals surface area contributed by atoms with Crippen molar-refractivity contribution in [1.82, 2.24) is 24.7 Å². The molecule has 102 valence electrons.